The molecule has 2 aliphatic heterocycles. The molecule has 6 aromatic carbocycles. The minimum absolute atomic E-state index is 0.0425. The Morgan fingerprint density at radius 1 is 0.643 bits per heavy atom. The molecular formula is C51H45BN2OS. The van der Waals surface area contributed by atoms with Crippen molar-refractivity contribution in [1.82, 2.24) is 4.48 Å². The number of benzene rings is 6. The molecule has 0 N–H and O–H groups in total. The number of anilines is 3. The third-order valence-electron chi connectivity index (χ3n) is 13.9. The standard InChI is InChI=1S/C51H45BN2OS/c1-28-22-36-37(51(7,8)21-20-50(36,5)6)26-39(28)53-40-25-34-30-14-9-11-18-42(30)55-43(34)27-38(40)52-45-35(23-29(24-41(45)53)49(2,3)4)31-16-13-17-33-46(31)54(52)47-32-15-10-12-19-44(32)56-48(33)47/h9-19,22-27H,20-21H2,1-8H3. The van der Waals surface area contributed by atoms with Gasteiger partial charge in [0.15, 0.2) is 0 Å². The molecule has 3 aromatic heterocycles. The lowest BCUT2D eigenvalue weighted by molar-refractivity contribution is 0.332. The fourth-order valence-electron chi connectivity index (χ4n) is 10.7. The van der Waals surface area contributed by atoms with Gasteiger partial charge in [-0.05, 0) is 111 Å². The van der Waals surface area contributed by atoms with E-state index in [1.54, 1.807) is 0 Å². The first-order chi connectivity index (χ1) is 26.8. The van der Waals surface area contributed by atoms with Gasteiger partial charge in [0.1, 0.15) is 11.2 Å². The second kappa shape index (κ2) is 10.6. The minimum Gasteiger partial charge on any atom is -0.456 e. The van der Waals surface area contributed by atoms with E-state index < -0.39 is 0 Å². The molecule has 5 heterocycles. The van der Waals surface area contributed by atoms with Crippen molar-refractivity contribution in [1.29, 1.82) is 0 Å². The van der Waals surface area contributed by atoms with Crippen LogP contribution in [0.1, 0.15) is 83.6 Å². The van der Waals surface area contributed by atoms with E-state index in [1.807, 2.05) is 11.3 Å². The molecule has 0 saturated carbocycles. The van der Waals surface area contributed by atoms with Crippen LogP contribution in [0.3, 0.4) is 0 Å². The number of aryl methyl sites for hydroxylation is 1. The van der Waals surface area contributed by atoms with Crippen molar-refractivity contribution < 1.29 is 4.42 Å². The highest BCUT2D eigenvalue weighted by Crippen LogP contribution is 2.53. The summed E-state index contributed by atoms with van der Waals surface area (Å²) in [5.41, 5.74) is 19.5. The van der Waals surface area contributed by atoms with Crippen LogP contribution in [0.2, 0.25) is 0 Å². The molecule has 12 rings (SSSR count). The van der Waals surface area contributed by atoms with Crippen LogP contribution in [0.4, 0.5) is 17.1 Å². The molecule has 0 radical (unpaired) electrons. The fourth-order valence-corrected chi connectivity index (χ4v) is 12.0. The number of hydrogen-bond donors (Lipinski definition) is 0. The topological polar surface area (TPSA) is 21.3 Å². The van der Waals surface area contributed by atoms with E-state index in [0.717, 1.165) is 21.9 Å². The maximum absolute atomic E-state index is 6.74. The Morgan fingerprint density at radius 3 is 2.14 bits per heavy atom. The lowest BCUT2D eigenvalue weighted by Crippen LogP contribution is -2.57. The number of thiophene rings is 1. The van der Waals surface area contributed by atoms with E-state index in [9.17, 15) is 0 Å². The van der Waals surface area contributed by atoms with Crippen LogP contribution in [-0.2, 0) is 16.2 Å². The van der Waals surface area contributed by atoms with Crippen molar-refractivity contribution in [2.45, 2.75) is 84.5 Å². The van der Waals surface area contributed by atoms with Crippen LogP contribution >= 0.6 is 11.3 Å². The third-order valence-corrected chi connectivity index (χ3v) is 15.1. The molecule has 0 fully saturated rings. The van der Waals surface area contributed by atoms with Crippen LogP contribution in [0, 0.1) is 6.92 Å². The van der Waals surface area contributed by atoms with Crippen molar-refractivity contribution in [3.8, 4) is 11.1 Å². The van der Waals surface area contributed by atoms with Gasteiger partial charge in [-0.2, -0.15) is 0 Å². The number of aromatic nitrogens is 1. The smallest absolute Gasteiger partial charge is 0.333 e. The van der Waals surface area contributed by atoms with Gasteiger partial charge in [-0.15, -0.1) is 11.3 Å². The highest BCUT2D eigenvalue weighted by Gasteiger charge is 2.45. The number of para-hydroxylation sites is 2. The molecule has 0 unspecified atom stereocenters. The number of hydrogen-bond acceptors (Lipinski definition) is 3. The molecule has 5 heteroatoms. The third kappa shape index (κ3) is 4.14. The maximum Gasteiger partial charge on any atom is 0.333 e. The summed E-state index contributed by atoms with van der Waals surface area (Å²) in [6.07, 6.45) is 2.37. The van der Waals surface area contributed by atoms with Gasteiger partial charge in [-0.3, -0.25) is 0 Å². The lowest BCUT2D eigenvalue weighted by atomic mass is 9.44. The Balaban J connectivity index is 1.28. The average molecular weight is 745 g/mol. The van der Waals surface area contributed by atoms with Gasteiger partial charge >= 0.3 is 6.85 Å². The van der Waals surface area contributed by atoms with E-state index in [0.29, 0.717) is 0 Å². The summed E-state index contributed by atoms with van der Waals surface area (Å²) in [7, 11) is 0. The summed E-state index contributed by atoms with van der Waals surface area (Å²) in [6.45, 7) is 19.2. The van der Waals surface area contributed by atoms with E-state index in [2.05, 4.69) is 168 Å². The van der Waals surface area contributed by atoms with Gasteiger partial charge < -0.3 is 13.8 Å². The van der Waals surface area contributed by atoms with E-state index in [-0.39, 0.29) is 23.1 Å². The van der Waals surface area contributed by atoms with Gasteiger partial charge in [0, 0.05) is 54.4 Å². The summed E-state index contributed by atoms with van der Waals surface area (Å²) in [6, 6.07) is 39.6. The van der Waals surface area contributed by atoms with Crippen molar-refractivity contribution in [3.63, 3.8) is 0 Å². The average Bonchev–Trinajstić information content (AvgIpc) is 3.83. The zero-order valence-corrected chi connectivity index (χ0v) is 34.3. The summed E-state index contributed by atoms with van der Waals surface area (Å²) >= 11 is 1.93. The zero-order chi connectivity index (χ0) is 38.2. The Morgan fingerprint density at radius 2 is 1.36 bits per heavy atom. The monoisotopic (exact) mass is 744 g/mol. The summed E-state index contributed by atoms with van der Waals surface area (Å²) in [5, 5.41) is 5.00. The van der Waals surface area contributed by atoms with Crippen molar-refractivity contribution >= 4 is 99.3 Å². The SMILES string of the molecule is Cc1cc2c(cc1N1c3cc4c(cc3B3c5c(cc(C(C)(C)C)cc51)-c1cccc5c6sc7ccccc7c6n3c15)oc1ccccc14)C(C)(C)CCC2(C)C. The molecule has 3 nitrogen and oxygen atoms in total. The Kier molecular flexibility index (Phi) is 6.22. The highest BCUT2D eigenvalue weighted by atomic mass is 32.1. The molecular weight excluding hydrogens is 699 g/mol. The van der Waals surface area contributed by atoms with Gasteiger partial charge in [0.25, 0.3) is 0 Å². The van der Waals surface area contributed by atoms with Crippen LogP contribution < -0.4 is 15.8 Å². The highest BCUT2D eigenvalue weighted by molar-refractivity contribution is 7.27. The summed E-state index contributed by atoms with van der Waals surface area (Å²) in [4.78, 5) is 2.66. The molecule has 3 aliphatic rings. The fraction of sp³-hybridized carbons (Fsp3) is 0.255. The molecule has 9 aromatic rings. The summed E-state index contributed by atoms with van der Waals surface area (Å²) in [5.74, 6) is 0. The van der Waals surface area contributed by atoms with E-state index >= 15 is 0 Å². The van der Waals surface area contributed by atoms with E-state index in [4.69, 9.17) is 4.42 Å². The van der Waals surface area contributed by atoms with E-state index in [1.165, 1.54) is 105 Å². The van der Waals surface area contributed by atoms with Crippen molar-refractivity contribution in [2.24, 2.45) is 0 Å². The predicted octanol–water partition coefficient (Wildman–Crippen LogP) is 13.3. The number of rotatable bonds is 1. The Bertz CT molecular complexity index is 3220. The lowest BCUT2D eigenvalue weighted by Gasteiger charge is -2.45. The van der Waals surface area contributed by atoms with Crippen molar-refractivity contribution in [2.75, 3.05) is 4.90 Å². The minimum atomic E-state index is -0.0571. The Hall–Kier alpha value is -5.26. The molecule has 56 heavy (non-hydrogen) atoms. The zero-order valence-electron chi connectivity index (χ0n) is 33.5. The molecule has 0 amide bonds. The van der Waals surface area contributed by atoms with Crippen molar-refractivity contribution in [3.05, 3.63) is 125 Å². The molecule has 0 atom stereocenters. The second-order valence-electron chi connectivity index (χ2n) is 19.2. The Labute approximate surface area is 332 Å². The number of fused-ring (bicyclic) bond motifs is 13. The van der Waals surface area contributed by atoms with Crippen LogP contribution in [0.5, 0.6) is 0 Å². The molecule has 274 valence electrons. The largest absolute Gasteiger partial charge is 0.456 e. The molecule has 0 saturated heterocycles. The molecule has 1 aliphatic carbocycles. The van der Waals surface area contributed by atoms with Gasteiger partial charge in [0.2, 0.25) is 0 Å². The second-order valence-corrected chi connectivity index (χ2v) is 20.3. The van der Waals surface area contributed by atoms with Crippen LogP contribution in [-0.4, -0.2) is 11.3 Å². The van der Waals surface area contributed by atoms with Crippen LogP contribution in [0.25, 0.3) is 64.3 Å². The van der Waals surface area contributed by atoms with Gasteiger partial charge in [-0.25, -0.2) is 0 Å². The molecule has 0 bridgehead atoms. The van der Waals surface area contributed by atoms with Gasteiger partial charge in [0.05, 0.1) is 10.2 Å². The number of furan rings is 1. The van der Waals surface area contributed by atoms with Crippen LogP contribution in [0.15, 0.2) is 108 Å². The normalized spacial score (nSPS) is 16.6. The molecule has 0 spiro atoms. The maximum atomic E-state index is 6.74. The first-order valence-electron chi connectivity index (χ1n) is 20.3. The number of nitrogens with zero attached hydrogens (tertiary/aromatic N) is 2. The quantitative estimate of drug-likeness (QED) is 0.156. The summed E-state index contributed by atoms with van der Waals surface area (Å²) < 4.78 is 12.2. The van der Waals surface area contributed by atoms with Gasteiger partial charge in [-0.1, -0.05) is 115 Å². The first-order valence-corrected chi connectivity index (χ1v) is 21.2. The predicted molar refractivity (Wildman–Crippen MR) is 241 cm³/mol. The first kappa shape index (κ1) is 32.9.